The number of alkyl carbamates (subject to hydrolysis) is 1. The van der Waals surface area contributed by atoms with Crippen molar-refractivity contribution in [1.29, 1.82) is 0 Å². The van der Waals surface area contributed by atoms with Crippen LogP contribution in [-0.4, -0.2) is 18.1 Å². The predicted molar refractivity (Wildman–Crippen MR) is 145 cm³/mol. The highest BCUT2D eigenvalue weighted by atomic mass is 16.6. The second-order valence-electron chi connectivity index (χ2n) is 9.14. The topological polar surface area (TPSA) is 94.8 Å². The van der Waals surface area contributed by atoms with E-state index in [0.29, 0.717) is 30.4 Å². The summed E-state index contributed by atoms with van der Waals surface area (Å²) in [7, 11) is 0. The fourth-order valence-corrected chi connectivity index (χ4v) is 4.19. The third kappa shape index (κ3) is 6.88. The highest BCUT2D eigenvalue weighted by Gasteiger charge is 2.24. The number of nitrogens with one attached hydrogen (secondary N) is 1. The van der Waals surface area contributed by atoms with Crippen molar-refractivity contribution in [2.24, 2.45) is 0 Å². The number of esters is 1. The van der Waals surface area contributed by atoms with Gasteiger partial charge in [-0.2, -0.15) is 0 Å². The molecule has 1 unspecified atom stereocenters. The Morgan fingerprint density at radius 1 is 0.947 bits per heavy atom. The highest BCUT2D eigenvalue weighted by molar-refractivity contribution is 5.86. The molecule has 1 heterocycles. The fraction of sp³-hybridized carbons (Fsp3) is 0.258. The van der Waals surface area contributed by atoms with Crippen LogP contribution in [0.3, 0.4) is 0 Å². The molecule has 196 valence electrons. The van der Waals surface area contributed by atoms with E-state index in [9.17, 15) is 14.4 Å². The normalized spacial score (nSPS) is 11.6. The minimum atomic E-state index is -0.879. The number of amides is 1. The molecule has 0 aliphatic rings. The first kappa shape index (κ1) is 26.7. The third-order valence-electron chi connectivity index (χ3n) is 6.34. The van der Waals surface area contributed by atoms with Gasteiger partial charge in [0.2, 0.25) is 0 Å². The Hall–Kier alpha value is -4.39. The van der Waals surface area contributed by atoms with E-state index < -0.39 is 23.7 Å². The van der Waals surface area contributed by atoms with E-state index in [1.54, 1.807) is 12.1 Å². The Morgan fingerprint density at radius 2 is 1.63 bits per heavy atom. The largest absolute Gasteiger partial charge is 0.445 e. The lowest BCUT2D eigenvalue weighted by atomic mass is 10.00. The molecule has 0 saturated carbocycles. The average molecular weight is 514 g/mol. The standard InChI is InChI=1S/C31H31NO6/c1-3-4-15-27(32-31(35)36-20-23-13-9-6-10-14-23)30(34)37-24-16-17-25-21(2)26(29(33)38-28(25)19-24)18-22-11-7-5-8-12-22/h5-14,16-17,19,27H,3-4,15,18,20H2,1-2H3,(H,32,35). The van der Waals surface area contributed by atoms with Crippen LogP contribution < -0.4 is 15.7 Å². The molecule has 0 saturated heterocycles. The number of rotatable bonds is 10. The maximum atomic E-state index is 13.0. The quantitative estimate of drug-likeness (QED) is 0.157. The second-order valence-corrected chi connectivity index (χ2v) is 9.14. The first-order valence-electron chi connectivity index (χ1n) is 12.7. The molecule has 1 aromatic heterocycles. The molecular weight excluding hydrogens is 482 g/mol. The molecule has 0 aliphatic heterocycles. The summed E-state index contributed by atoms with van der Waals surface area (Å²) in [6.07, 6.45) is 1.73. The molecule has 1 amide bonds. The molecule has 1 atom stereocenters. The summed E-state index contributed by atoms with van der Waals surface area (Å²) in [4.78, 5) is 38.1. The van der Waals surface area contributed by atoms with Gasteiger partial charge in [-0.05, 0) is 42.2 Å². The Labute approximate surface area is 221 Å². The maximum Gasteiger partial charge on any atom is 0.408 e. The molecule has 0 radical (unpaired) electrons. The van der Waals surface area contributed by atoms with E-state index in [1.807, 2.05) is 74.5 Å². The summed E-state index contributed by atoms with van der Waals surface area (Å²) in [5.41, 5.74) is 3.17. The van der Waals surface area contributed by atoms with E-state index in [4.69, 9.17) is 13.9 Å². The van der Waals surface area contributed by atoms with Crippen LogP contribution >= 0.6 is 0 Å². The van der Waals surface area contributed by atoms with Crippen molar-refractivity contribution < 1.29 is 23.5 Å². The van der Waals surface area contributed by atoms with E-state index in [-0.39, 0.29) is 12.4 Å². The molecule has 0 spiro atoms. The van der Waals surface area contributed by atoms with E-state index in [1.165, 1.54) is 6.07 Å². The highest BCUT2D eigenvalue weighted by Crippen LogP contribution is 2.25. The molecule has 0 aliphatic carbocycles. The van der Waals surface area contributed by atoms with Crippen molar-refractivity contribution in [1.82, 2.24) is 5.32 Å². The van der Waals surface area contributed by atoms with Gasteiger partial charge in [0.1, 0.15) is 24.0 Å². The third-order valence-corrected chi connectivity index (χ3v) is 6.34. The molecular formula is C31H31NO6. The fourth-order valence-electron chi connectivity index (χ4n) is 4.19. The Balaban J connectivity index is 1.46. The number of hydrogen-bond donors (Lipinski definition) is 1. The summed E-state index contributed by atoms with van der Waals surface area (Å²) in [6.45, 7) is 3.97. The van der Waals surface area contributed by atoms with Crippen LogP contribution in [0.2, 0.25) is 0 Å². The zero-order chi connectivity index (χ0) is 26.9. The maximum absolute atomic E-state index is 13.0. The lowest BCUT2D eigenvalue weighted by Gasteiger charge is -2.17. The van der Waals surface area contributed by atoms with Crippen LogP contribution in [-0.2, 0) is 22.6 Å². The Bertz CT molecular complexity index is 1450. The van der Waals surface area contributed by atoms with Gasteiger partial charge in [-0.25, -0.2) is 14.4 Å². The summed E-state index contributed by atoms with van der Waals surface area (Å²) in [5, 5.41) is 3.38. The number of carbonyl (C=O) groups is 2. The lowest BCUT2D eigenvalue weighted by Crippen LogP contribution is -2.43. The van der Waals surface area contributed by atoms with Crippen molar-refractivity contribution in [3.05, 3.63) is 112 Å². The lowest BCUT2D eigenvalue weighted by molar-refractivity contribution is -0.136. The molecule has 7 heteroatoms. The van der Waals surface area contributed by atoms with Gasteiger partial charge >= 0.3 is 17.7 Å². The molecule has 0 bridgehead atoms. The second kappa shape index (κ2) is 12.7. The molecule has 4 rings (SSSR count). The predicted octanol–water partition coefficient (Wildman–Crippen LogP) is 6.08. The van der Waals surface area contributed by atoms with E-state index >= 15 is 0 Å². The van der Waals surface area contributed by atoms with Gasteiger partial charge in [-0.1, -0.05) is 80.4 Å². The Kier molecular flexibility index (Phi) is 8.93. The van der Waals surface area contributed by atoms with Gasteiger partial charge in [0.05, 0.1) is 0 Å². The number of aryl methyl sites for hydroxylation is 1. The number of fused-ring (bicyclic) bond motifs is 1. The van der Waals surface area contributed by atoms with Crippen molar-refractivity contribution in [3.63, 3.8) is 0 Å². The number of hydrogen-bond acceptors (Lipinski definition) is 6. The van der Waals surface area contributed by atoms with Gasteiger partial charge in [-0.15, -0.1) is 0 Å². The minimum absolute atomic E-state index is 0.0948. The van der Waals surface area contributed by atoms with E-state index in [0.717, 1.165) is 28.5 Å². The molecule has 38 heavy (non-hydrogen) atoms. The smallest absolute Gasteiger partial charge is 0.408 e. The molecule has 4 aromatic rings. The molecule has 0 fully saturated rings. The van der Waals surface area contributed by atoms with Crippen molar-refractivity contribution in [3.8, 4) is 5.75 Å². The van der Waals surface area contributed by atoms with Gasteiger partial charge in [0.25, 0.3) is 0 Å². The average Bonchev–Trinajstić information content (AvgIpc) is 2.93. The molecule has 3 aromatic carbocycles. The van der Waals surface area contributed by atoms with E-state index in [2.05, 4.69) is 5.32 Å². The van der Waals surface area contributed by atoms with Crippen LogP contribution in [0.1, 0.15) is 48.4 Å². The van der Waals surface area contributed by atoms with Gasteiger partial charge < -0.3 is 19.2 Å². The van der Waals surface area contributed by atoms with Crippen LogP contribution in [0.25, 0.3) is 11.0 Å². The minimum Gasteiger partial charge on any atom is -0.445 e. The zero-order valence-electron chi connectivity index (χ0n) is 21.6. The summed E-state index contributed by atoms with van der Waals surface area (Å²) < 4.78 is 16.4. The van der Waals surface area contributed by atoms with Gasteiger partial charge in [0.15, 0.2) is 0 Å². The molecule has 7 nitrogen and oxygen atoms in total. The first-order chi connectivity index (χ1) is 18.4. The van der Waals surface area contributed by atoms with Crippen LogP contribution in [0, 0.1) is 6.92 Å². The number of ether oxygens (including phenoxy) is 2. The number of unbranched alkanes of at least 4 members (excludes halogenated alkanes) is 1. The van der Waals surface area contributed by atoms with Crippen molar-refractivity contribution in [2.45, 2.75) is 52.2 Å². The number of carbonyl (C=O) groups excluding carboxylic acids is 2. The van der Waals surface area contributed by atoms with Crippen LogP contribution in [0.4, 0.5) is 4.79 Å². The summed E-state index contributed by atoms with van der Waals surface area (Å²) in [6, 6.07) is 23.1. The summed E-state index contributed by atoms with van der Waals surface area (Å²) in [5.74, 6) is -0.393. The molecule has 1 N–H and O–H groups in total. The zero-order valence-corrected chi connectivity index (χ0v) is 21.6. The number of benzene rings is 3. The SMILES string of the molecule is CCCCC(NC(=O)OCc1ccccc1)C(=O)Oc1ccc2c(C)c(Cc3ccccc3)c(=O)oc2c1. The monoisotopic (exact) mass is 513 g/mol. The van der Waals surface area contributed by atoms with Crippen LogP contribution in [0.15, 0.2) is 88.1 Å². The van der Waals surface area contributed by atoms with Gasteiger partial charge in [0, 0.05) is 23.4 Å². The Morgan fingerprint density at radius 3 is 2.32 bits per heavy atom. The van der Waals surface area contributed by atoms with Crippen LogP contribution in [0.5, 0.6) is 5.75 Å². The van der Waals surface area contributed by atoms with Crippen molar-refractivity contribution in [2.75, 3.05) is 0 Å². The summed E-state index contributed by atoms with van der Waals surface area (Å²) >= 11 is 0. The van der Waals surface area contributed by atoms with Crippen molar-refractivity contribution >= 4 is 23.0 Å². The first-order valence-corrected chi connectivity index (χ1v) is 12.7. The van der Waals surface area contributed by atoms with Gasteiger partial charge in [-0.3, -0.25) is 0 Å².